The van der Waals surface area contributed by atoms with Crippen molar-refractivity contribution in [2.45, 2.75) is 63.6 Å². The zero-order valence-corrected chi connectivity index (χ0v) is 13.0. The van der Waals surface area contributed by atoms with Crippen LogP contribution < -0.4 is 10.6 Å². The minimum absolute atomic E-state index is 0.0386. The van der Waals surface area contributed by atoms with Crippen LogP contribution in [-0.2, 0) is 16.6 Å². The summed E-state index contributed by atoms with van der Waals surface area (Å²) in [6.07, 6.45) is 4.56. The van der Waals surface area contributed by atoms with Gasteiger partial charge in [-0.05, 0) is 33.6 Å². The van der Waals surface area contributed by atoms with Crippen LogP contribution in [0.3, 0.4) is 0 Å². The van der Waals surface area contributed by atoms with Crippen LogP contribution in [0.1, 0.15) is 40.0 Å². The van der Waals surface area contributed by atoms with Crippen LogP contribution in [0.25, 0.3) is 0 Å². The third-order valence-electron chi connectivity index (χ3n) is 3.79. The Balaban J connectivity index is 2.24. The van der Waals surface area contributed by atoms with Crippen molar-refractivity contribution in [2.75, 3.05) is 5.73 Å². The maximum Gasteiger partial charge on any atom is 0.258 e. The van der Waals surface area contributed by atoms with Crippen molar-refractivity contribution in [1.29, 1.82) is 0 Å². The van der Waals surface area contributed by atoms with Crippen molar-refractivity contribution < 1.29 is 8.42 Å². The molecule has 0 saturated carbocycles. The van der Waals surface area contributed by atoms with Crippen LogP contribution in [0, 0.1) is 0 Å². The van der Waals surface area contributed by atoms with E-state index in [1.807, 2.05) is 25.8 Å². The minimum atomic E-state index is -3.68. The molecule has 0 aromatic carbocycles. The molecular formula is C12H23N5O2S. The molecular weight excluding hydrogens is 278 g/mol. The van der Waals surface area contributed by atoms with E-state index in [-0.39, 0.29) is 22.8 Å². The first-order valence-electron chi connectivity index (χ1n) is 6.99. The zero-order chi connectivity index (χ0) is 14.9. The molecule has 0 spiro atoms. The number of sulfonamides is 1. The van der Waals surface area contributed by atoms with E-state index in [4.69, 9.17) is 5.73 Å². The van der Waals surface area contributed by atoms with Crippen LogP contribution in [0.2, 0.25) is 0 Å². The number of hydrogen-bond donors (Lipinski definition) is 2. The van der Waals surface area contributed by atoms with Crippen LogP contribution in [-0.4, -0.2) is 35.3 Å². The molecule has 2 atom stereocenters. The summed E-state index contributed by atoms with van der Waals surface area (Å²) >= 11 is 0. The van der Waals surface area contributed by atoms with Crippen LogP contribution in [0.4, 0.5) is 5.82 Å². The quantitative estimate of drug-likeness (QED) is 0.863. The smallest absolute Gasteiger partial charge is 0.258 e. The summed E-state index contributed by atoms with van der Waals surface area (Å²) in [6.45, 7) is 6.51. The largest absolute Gasteiger partial charge is 0.381 e. The Labute approximate surface area is 120 Å². The van der Waals surface area contributed by atoms with Crippen LogP contribution in [0.5, 0.6) is 0 Å². The third-order valence-corrected chi connectivity index (χ3v) is 5.13. The molecule has 0 radical (unpaired) electrons. The van der Waals surface area contributed by atoms with Gasteiger partial charge < -0.3 is 5.73 Å². The van der Waals surface area contributed by atoms with Gasteiger partial charge in [-0.15, -0.1) is 4.83 Å². The summed E-state index contributed by atoms with van der Waals surface area (Å²) in [5.41, 5.74) is 5.71. The van der Waals surface area contributed by atoms with Gasteiger partial charge in [0.2, 0.25) is 0 Å². The number of hydrazine groups is 1. The van der Waals surface area contributed by atoms with Gasteiger partial charge in [0, 0.05) is 24.8 Å². The Kier molecular flexibility index (Phi) is 4.36. The summed E-state index contributed by atoms with van der Waals surface area (Å²) in [5, 5.41) is 5.79. The molecule has 1 fully saturated rings. The molecule has 0 bridgehead atoms. The second-order valence-electron chi connectivity index (χ2n) is 5.37. The van der Waals surface area contributed by atoms with Gasteiger partial charge in [0.15, 0.2) is 5.82 Å². The van der Waals surface area contributed by atoms with Crippen LogP contribution >= 0.6 is 0 Å². The molecule has 3 N–H and O–H groups in total. The lowest BCUT2D eigenvalue weighted by atomic mass is 10.0. The van der Waals surface area contributed by atoms with Gasteiger partial charge in [-0.3, -0.25) is 4.68 Å². The Morgan fingerprint density at radius 3 is 2.50 bits per heavy atom. The van der Waals surface area contributed by atoms with Crippen molar-refractivity contribution in [3.8, 4) is 0 Å². The number of aromatic nitrogens is 2. The summed E-state index contributed by atoms with van der Waals surface area (Å²) < 4.78 is 26.4. The second kappa shape index (κ2) is 5.71. The first-order valence-corrected chi connectivity index (χ1v) is 8.47. The van der Waals surface area contributed by atoms with Crippen molar-refractivity contribution in [1.82, 2.24) is 19.6 Å². The molecule has 2 unspecified atom stereocenters. The van der Waals surface area contributed by atoms with Gasteiger partial charge in [-0.1, -0.05) is 6.42 Å². The lowest BCUT2D eigenvalue weighted by Crippen LogP contribution is -2.53. The summed E-state index contributed by atoms with van der Waals surface area (Å²) in [7, 11) is -3.68. The Morgan fingerprint density at radius 2 is 2.00 bits per heavy atom. The van der Waals surface area contributed by atoms with Crippen molar-refractivity contribution in [3.05, 3.63) is 6.20 Å². The molecule has 7 nitrogen and oxygen atoms in total. The fourth-order valence-electron chi connectivity index (χ4n) is 2.58. The average Bonchev–Trinajstić information content (AvgIpc) is 2.76. The Bertz CT molecular complexity index is 558. The Morgan fingerprint density at radius 1 is 1.40 bits per heavy atom. The molecule has 2 heterocycles. The molecule has 0 amide bonds. The highest BCUT2D eigenvalue weighted by Gasteiger charge is 2.30. The third kappa shape index (κ3) is 2.97. The number of aryl methyl sites for hydroxylation is 1. The first kappa shape index (κ1) is 15.3. The first-order chi connectivity index (χ1) is 9.35. The fourth-order valence-corrected chi connectivity index (χ4v) is 3.89. The lowest BCUT2D eigenvalue weighted by Gasteiger charge is -2.38. The van der Waals surface area contributed by atoms with E-state index in [9.17, 15) is 8.42 Å². The number of piperidine rings is 1. The van der Waals surface area contributed by atoms with Crippen molar-refractivity contribution >= 4 is 15.8 Å². The number of nitrogens with two attached hydrogens (primary N) is 1. The van der Waals surface area contributed by atoms with E-state index in [1.54, 1.807) is 0 Å². The topological polar surface area (TPSA) is 93.2 Å². The van der Waals surface area contributed by atoms with Crippen LogP contribution in [0.15, 0.2) is 11.1 Å². The molecule has 1 aromatic heterocycles. The van der Waals surface area contributed by atoms with E-state index in [0.717, 1.165) is 19.3 Å². The Hall–Kier alpha value is -1.12. The predicted molar refractivity (Wildman–Crippen MR) is 77.2 cm³/mol. The van der Waals surface area contributed by atoms with Crippen molar-refractivity contribution in [2.24, 2.45) is 0 Å². The summed E-state index contributed by atoms with van der Waals surface area (Å²) in [6, 6.07) is 0.354. The fraction of sp³-hybridized carbons (Fsp3) is 0.750. The molecule has 2 rings (SSSR count). The SMILES string of the molecule is CCn1cc(S(=O)(=O)NN2C(C)CCCC2C)c(N)n1. The summed E-state index contributed by atoms with van der Waals surface area (Å²) in [5.74, 6) is 0.0386. The molecule has 8 heteroatoms. The van der Waals surface area contributed by atoms with Gasteiger partial charge in [-0.2, -0.15) is 5.10 Å². The summed E-state index contributed by atoms with van der Waals surface area (Å²) in [4.78, 5) is 2.71. The molecule has 1 aromatic rings. The number of nitrogen functional groups attached to an aromatic ring is 1. The molecule has 1 aliphatic heterocycles. The van der Waals surface area contributed by atoms with Crippen molar-refractivity contribution in [3.63, 3.8) is 0 Å². The van der Waals surface area contributed by atoms with Gasteiger partial charge >= 0.3 is 0 Å². The highest BCUT2D eigenvalue weighted by Crippen LogP contribution is 2.23. The normalized spacial score (nSPS) is 24.9. The van der Waals surface area contributed by atoms with E-state index in [0.29, 0.717) is 6.54 Å². The number of rotatable bonds is 4. The maximum atomic E-state index is 12.5. The average molecular weight is 301 g/mol. The van der Waals surface area contributed by atoms with Gasteiger partial charge in [0.25, 0.3) is 10.0 Å². The van der Waals surface area contributed by atoms with E-state index >= 15 is 0 Å². The number of nitrogens with zero attached hydrogens (tertiary/aromatic N) is 3. The highest BCUT2D eigenvalue weighted by molar-refractivity contribution is 7.89. The number of nitrogens with one attached hydrogen (secondary N) is 1. The predicted octanol–water partition coefficient (Wildman–Crippen LogP) is 0.941. The number of hydrogen-bond acceptors (Lipinski definition) is 5. The molecule has 20 heavy (non-hydrogen) atoms. The zero-order valence-electron chi connectivity index (χ0n) is 12.2. The van der Waals surface area contributed by atoms with Gasteiger partial charge in [0.1, 0.15) is 4.90 Å². The van der Waals surface area contributed by atoms with Gasteiger partial charge in [0.05, 0.1) is 0 Å². The molecule has 1 aliphatic rings. The second-order valence-corrected chi connectivity index (χ2v) is 6.99. The van der Waals surface area contributed by atoms with E-state index < -0.39 is 10.0 Å². The van der Waals surface area contributed by atoms with E-state index in [1.165, 1.54) is 10.9 Å². The standard InChI is InChI=1S/C12H23N5O2S/c1-4-16-8-11(12(13)14-16)20(18,19)15-17-9(2)6-5-7-10(17)3/h8-10,15H,4-7H2,1-3H3,(H2,13,14). The highest BCUT2D eigenvalue weighted by atomic mass is 32.2. The maximum absolute atomic E-state index is 12.5. The molecule has 0 aliphatic carbocycles. The van der Waals surface area contributed by atoms with Gasteiger partial charge in [-0.25, -0.2) is 13.4 Å². The number of anilines is 1. The molecule has 114 valence electrons. The molecule has 1 saturated heterocycles. The monoisotopic (exact) mass is 301 g/mol. The van der Waals surface area contributed by atoms with E-state index in [2.05, 4.69) is 9.93 Å². The lowest BCUT2D eigenvalue weighted by molar-refractivity contribution is 0.0790. The minimum Gasteiger partial charge on any atom is -0.381 e.